The number of hydrogen-bond donors (Lipinski definition) is 1. The Hall–Kier alpha value is -0.693. The van der Waals surface area contributed by atoms with Crippen molar-refractivity contribution in [2.75, 3.05) is 7.11 Å². The van der Waals surface area contributed by atoms with E-state index in [1.807, 2.05) is 0 Å². The van der Waals surface area contributed by atoms with Crippen LogP contribution in [-0.4, -0.2) is 29.8 Å². The van der Waals surface area contributed by atoms with E-state index in [0.29, 0.717) is 9.76 Å². The molecule has 0 fully saturated rings. The van der Waals surface area contributed by atoms with Crippen molar-refractivity contribution in [2.24, 2.45) is 0 Å². The Kier molecular flexibility index (Phi) is 3.82. The average molecular weight is 230 g/mol. The molecule has 76 valence electrons. The minimum absolute atomic E-state index is 0.0815. The molecule has 1 rings (SSSR count). The van der Waals surface area contributed by atoms with Gasteiger partial charge in [0.15, 0.2) is 0 Å². The fourth-order valence-corrected chi connectivity index (χ4v) is 1.96. The van der Waals surface area contributed by atoms with E-state index in [1.54, 1.807) is 19.2 Å². The topological polar surface area (TPSA) is 63.6 Å². The number of rotatable bonds is 4. The molecule has 0 aliphatic heterocycles. The van der Waals surface area contributed by atoms with Gasteiger partial charge in [-0.25, -0.2) is 0 Å². The van der Waals surface area contributed by atoms with Crippen molar-refractivity contribution in [3.8, 4) is 0 Å². The molecule has 2 radical (unpaired) electrons. The molecule has 6 heteroatoms. The van der Waals surface area contributed by atoms with Crippen LogP contribution in [0.15, 0.2) is 29.2 Å². The lowest BCUT2D eigenvalue weighted by atomic mass is 10.2. The smallest absolute Gasteiger partial charge is 0.294 e. The summed E-state index contributed by atoms with van der Waals surface area (Å²) in [7, 11) is -2.09. The molecule has 0 amide bonds. The lowest BCUT2D eigenvalue weighted by Gasteiger charge is -2.00. The van der Waals surface area contributed by atoms with E-state index in [2.05, 4.69) is 0 Å². The highest BCUT2D eigenvalue weighted by molar-refractivity contribution is 7.85. The molecule has 0 atom stereocenters. The number of hydrogen-bond acceptors (Lipinski definition) is 3. The van der Waals surface area contributed by atoms with Crippen LogP contribution in [0.1, 0.15) is 5.56 Å². The third-order valence-electron chi connectivity index (χ3n) is 1.64. The Morgan fingerprint density at radius 1 is 1.36 bits per heavy atom. The second-order valence-electron chi connectivity index (χ2n) is 2.64. The highest BCUT2D eigenvalue weighted by atomic mass is 32.2. The van der Waals surface area contributed by atoms with E-state index in [-0.39, 0.29) is 4.90 Å². The summed E-state index contributed by atoms with van der Waals surface area (Å²) in [4.78, 5) is -0.0815. The zero-order chi connectivity index (χ0) is 10.6. The molecule has 0 aliphatic carbocycles. The van der Waals surface area contributed by atoms with Crippen LogP contribution < -0.4 is 0 Å². The first-order valence-corrected chi connectivity index (χ1v) is 6.42. The minimum Gasteiger partial charge on any atom is -0.420 e. The molecule has 1 aromatic rings. The SMILES string of the molecule is CO[Si]Cc1ccc(S(=O)(=O)O)cc1. The summed E-state index contributed by atoms with van der Waals surface area (Å²) in [6.07, 6.45) is 0. The molecule has 1 aromatic carbocycles. The Balaban J connectivity index is 2.79. The molecule has 0 unspecified atom stereocenters. The summed E-state index contributed by atoms with van der Waals surface area (Å²) in [6, 6.07) is 6.84. The van der Waals surface area contributed by atoms with E-state index in [4.69, 9.17) is 8.98 Å². The average Bonchev–Trinajstić information content (AvgIpc) is 2.14. The lowest BCUT2D eigenvalue weighted by Crippen LogP contribution is -2.01. The molecule has 1 N–H and O–H groups in total. The van der Waals surface area contributed by atoms with Crippen molar-refractivity contribution in [3.05, 3.63) is 29.8 Å². The van der Waals surface area contributed by atoms with Crippen LogP contribution in [0.4, 0.5) is 0 Å². The van der Waals surface area contributed by atoms with E-state index >= 15 is 0 Å². The molecule has 14 heavy (non-hydrogen) atoms. The van der Waals surface area contributed by atoms with Gasteiger partial charge in [0.25, 0.3) is 10.1 Å². The van der Waals surface area contributed by atoms with Gasteiger partial charge in [-0.2, -0.15) is 8.42 Å². The standard InChI is InChI=1S/C8H10O4SSi/c1-12-14-6-7-2-4-8(5-3-7)13(9,10)11/h2-5H,6H2,1H3,(H,9,10,11). The second kappa shape index (κ2) is 4.69. The molecule has 0 heterocycles. The molecular formula is C8H10O4SSi. The highest BCUT2D eigenvalue weighted by Gasteiger charge is 2.08. The van der Waals surface area contributed by atoms with Crippen LogP contribution in [0.25, 0.3) is 0 Å². The first kappa shape index (κ1) is 11.4. The third kappa shape index (κ3) is 3.22. The van der Waals surface area contributed by atoms with Crippen molar-refractivity contribution in [2.45, 2.75) is 10.9 Å². The van der Waals surface area contributed by atoms with E-state index in [0.717, 1.165) is 11.6 Å². The van der Waals surface area contributed by atoms with Crippen molar-refractivity contribution in [1.29, 1.82) is 0 Å². The third-order valence-corrected chi connectivity index (χ3v) is 3.35. The predicted octanol–water partition coefficient (Wildman–Crippen LogP) is 0.699. The molecule has 0 saturated heterocycles. The number of benzene rings is 1. The van der Waals surface area contributed by atoms with Crippen molar-refractivity contribution >= 4 is 19.9 Å². The van der Waals surface area contributed by atoms with Gasteiger partial charge >= 0.3 is 0 Å². The summed E-state index contributed by atoms with van der Waals surface area (Å²) >= 11 is 0. The minimum atomic E-state index is -4.07. The Morgan fingerprint density at radius 2 is 1.93 bits per heavy atom. The fourth-order valence-electron chi connectivity index (χ4n) is 0.935. The molecule has 0 aliphatic rings. The quantitative estimate of drug-likeness (QED) is 0.611. The van der Waals surface area contributed by atoms with Crippen LogP contribution in [-0.2, 0) is 20.6 Å². The van der Waals surface area contributed by atoms with Gasteiger partial charge in [-0.3, -0.25) is 4.55 Å². The molecule has 4 nitrogen and oxygen atoms in total. The fraction of sp³-hybridized carbons (Fsp3) is 0.250. The predicted molar refractivity (Wildman–Crippen MR) is 52.7 cm³/mol. The monoisotopic (exact) mass is 230 g/mol. The van der Waals surface area contributed by atoms with E-state index < -0.39 is 10.1 Å². The van der Waals surface area contributed by atoms with Gasteiger partial charge in [0, 0.05) is 7.11 Å². The van der Waals surface area contributed by atoms with Crippen LogP contribution in [0, 0.1) is 0 Å². The largest absolute Gasteiger partial charge is 0.420 e. The van der Waals surface area contributed by atoms with Crippen molar-refractivity contribution < 1.29 is 17.4 Å². The summed E-state index contributed by atoms with van der Waals surface area (Å²) < 4.78 is 35.0. The lowest BCUT2D eigenvalue weighted by molar-refractivity contribution is 0.441. The van der Waals surface area contributed by atoms with Crippen molar-refractivity contribution in [3.63, 3.8) is 0 Å². The molecular weight excluding hydrogens is 220 g/mol. The highest BCUT2D eigenvalue weighted by Crippen LogP contribution is 2.09. The maximum Gasteiger partial charge on any atom is 0.294 e. The van der Waals surface area contributed by atoms with Gasteiger partial charge in [-0.1, -0.05) is 12.1 Å². The van der Waals surface area contributed by atoms with Gasteiger partial charge < -0.3 is 4.43 Å². The van der Waals surface area contributed by atoms with Crippen LogP contribution in [0.2, 0.25) is 0 Å². The van der Waals surface area contributed by atoms with E-state index in [1.165, 1.54) is 12.1 Å². The normalized spacial score (nSPS) is 11.6. The molecule has 0 aromatic heterocycles. The van der Waals surface area contributed by atoms with Gasteiger partial charge in [-0.15, -0.1) is 0 Å². The first-order chi connectivity index (χ1) is 6.54. The first-order valence-electron chi connectivity index (χ1n) is 3.86. The molecule has 0 spiro atoms. The van der Waals surface area contributed by atoms with Gasteiger partial charge in [0.05, 0.1) is 4.90 Å². The van der Waals surface area contributed by atoms with Crippen LogP contribution in [0.5, 0.6) is 0 Å². The molecule has 0 bridgehead atoms. The summed E-state index contributed by atoms with van der Waals surface area (Å²) in [5, 5.41) is 0. The van der Waals surface area contributed by atoms with Gasteiger partial charge in [0.2, 0.25) is 9.76 Å². The zero-order valence-electron chi connectivity index (χ0n) is 7.60. The Bertz CT molecular complexity index is 384. The molecule has 0 saturated carbocycles. The summed E-state index contributed by atoms with van der Waals surface area (Å²) in [5.74, 6) is 0. The Labute approximate surface area is 85.6 Å². The van der Waals surface area contributed by atoms with Crippen LogP contribution in [0.3, 0.4) is 0 Å². The summed E-state index contributed by atoms with van der Waals surface area (Å²) in [5.41, 5.74) is 0.984. The maximum absolute atomic E-state index is 10.7. The zero-order valence-corrected chi connectivity index (χ0v) is 9.41. The Morgan fingerprint density at radius 3 is 2.36 bits per heavy atom. The van der Waals surface area contributed by atoms with Crippen LogP contribution >= 0.6 is 0 Å². The maximum atomic E-state index is 10.7. The second-order valence-corrected chi connectivity index (χ2v) is 5.12. The summed E-state index contributed by atoms with van der Waals surface area (Å²) in [6.45, 7) is 0. The van der Waals surface area contributed by atoms with Crippen molar-refractivity contribution in [1.82, 2.24) is 0 Å². The van der Waals surface area contributed by atoms with E-state index in [9.17, 15) is 8.42 Å². The van der Waals surface area contributed by atoms with Gasteiger partial charge in [-0.05, 0) is 23.7 Å². The van der Waals surface area contributed by atoms with Gasteiger partial charge in [0.1, 0.15) is 0 Å².